The molecule has 0 aliphatic rings. The molecular formula is C15H20N2O3. The summed E-state index contributed by atoms with van der Waals surface area (Å²) in [4.78, 5) is 26.6. The molecule has 1 atom stereocenters. The molecule has 1 aromatic heterocycles. The molecule has 20 heavy (non-hydrogen) atoms. The number of hydrogen-bond acceptors (Lipinski definition) is 3. The van der Waals surface area contributed by atoms with Gasteiger partial charge in [0.05, 0.1) is 0 Å². The molecule has 0 bridgehead atoms. The van der Waals surface area contributed by atoms with Gasteiger partial charge < -0.3 is 10.4 Å². The molecule has 1 rings (SSSR count). The van der Waals surface area contributed by atoms with E-state index in [1.165, 1.54) is 12.3 Å². The lowest BCUT2D eigenvalue weighted by Crippen LogP contribution is -2.31. The van der Waals surface area contributed by atoms with Crippen LogP contribution in [0.1, 0.15) is 36.8 Å². The normalized spacial score (nSPS) is 12.6. The summed E-state index contributed by atoms with van der Waals surface area (Å²) < 4.78 is 0. The van der Waals surface area contributed by atoms with Crippen LogP contribution >= 0.6 is 0 Å². The summed E-state index contributed by atoms with van der Waals surface area (Å²) in [5, 5.41) is 11.5. The molecular weight excluding hydrogens is 256 g/mol. The minimum absolute atomic E-state index is 0.237. The van der Waals surface area contributed by atoms with Crippen molar-refractivity contribution in [2.24, 2.45) is 11.8 Å². The summed E-state index contributed by atoms with van der Waals surface area (Å²) in [6, 6.07) is 3.32. The quantitative estimate of drug-likeness (QED) is 0.781. The van der Waals surface area contributed by atoms with Crippen LogP contribution in [0.4, 0.5) is 0 Å². The molecule has 5 nitrogen and oxygen atoms in total. The van der Waals surface area contributed by atoms with Gasteiger partial charge in [0.25, 0.3) is 5.91 Å². The third-order valence-corrected chi connectivity index (χ3v) is 3.18. The number of nitrogens with zero attached hydrogens (tertiary/aromatic N) is 1. The number of carbonyl (C=O) groups is 2. The van der Waals surface area contributed by atoms with Crippen LogP contribution in [0.15, 0.2) is 24.4 Å². The topological polar surface area (TPSA) is 79.3 Å². The van der Waals surface area contributed by atoms with Crippen molar-refractivity contribution >= 4 is 18.0 Å². The van der Waals surface area contributed by atoms with Crippen molar-refractivity contribution in [2.75, 3.05) is 6.54 Å². The Morgan fingerprint density at radius 1 is 1.40 bits per heavy atom. The van der Waals surface area contributed by atoms with Gasteiger partial charge in [0.2, 0.25) is 0 Å². The van der Waals surface area contributed by atoms with Crippen molar-refractivity contribution in [3.8, 4) is 0 Å². The van der Waals surface area contributed by atoms with Crippen molar-refractivity contribution in [2.45, 2.75) is 20.8 Å². The van der Waals surface area contributed by atoms with Crippen molar-refractivity contribution in [3.05, 3.63) is 35.7 Å². The van der Waals surface area contributed by atoms with Gasteiger partial charge in [-0.25, -0.2) is 4.79 Å². The van der Waals surface area contributed by atoms with Crippen LogP contribution < -0.4 is 5.32 Å². The van der Waals surface area contributed by atoms with Crippen LogP contribution in [0.2, 0.25) is 0 Å². The highest BCUT2D eigenvalue weighted by Gasteiger charge is 2.13. The van der Waals surface area contributed by atoms with Gasteiger partial charge in [-0.15, -0.1) is 0 Å². The Labute approximate surface area is 118 Å². The Morgan fingerprint density at radius 2 is 2.10 bits per heavy atom. The molecule has 0 spiro atoms. The van der Waals surface area contributed by atoms with Crippen molar-refractivity contribution < 1.29 is 14.7 Å². The number of hydrogen-bond donors (Lipinski definition) is 2. The van der Waals surface area contributed by atoms with E-state index in [4.69, 9.17) is 5.11 Å². The van der Waals surface area contributed by atoms with Crippen LogP contribution in [0.25, 0.3) is 6.08 Å². The SMILES string of the molecule is CC(C)C(C)CNC(=O)c1ncccc1/C=C/C(=O)O. The molecule has 0 radical (unpaired) electrons. The lowest BCUT2D eigenvalue weighted by atomic mass is 9.98. The summed E-state index contributed by atoms with van der Waals surface area (Å²) in [5.41, 5.74) is 0.727. The van der Waals surface area contributed by atoms with Gasteiger partial charge in [-0.3, -0.25) is 9.78 Å². The Morgan fingerprint density at radius 3 is 2.70 bits per heavy atom. The molecule has 1 aromatic rings. The fraction of sp³-hybridized carbons (Fsp3) is 0.400. The van der Waals surface area contributed by atoms with E-state index in [9.17, 15) is 9.59 Å². The van der Waals surface area contributed by atoms with Crippen LogP contribution in [-0.4, -0.2) is 28.5 Å². The third-order valence-electron chi connectivity index (χ3n) is 3.18. The maximum atomic E-state index is 12.1. The summed E-state index contributed by atoms with van der Waals surface area (Å²) in [7, 11) is 0. The minimum atomic E-state index is -1.06. The maximum absolute atomic E-state index is 12.1. The summed E-state index contributed by atoms with van der Waals surface area (Å²) in [6.07, 6.45) is 3.87. The van der Waals surface area contributed by atoms with E-state index in [1.807, 2.05) is 0 Å². The van der Waals surface area contributed by atoms with Crippen molar-refractivity contribution in [3.63, 3.8) is 0 Å². The van der Waals surface area contributed by atoms with E-state index in [1.54, 1.807) is 12.1 Å². The van der Waals surface area contributed by atoms with E-state index < -0.39 is 5.97 Å². The van der Waals surface area contributed by atoms with Crippen LogP contribution in [0, 0.1) is 11.8 Å². The maximum Gasteiger partial charge on any atom is 0.328 e. The molecule has 0 aliphatic heterocycles. The Kier molecular flexibility index (Phi) is 5.90. The highest BCUT2D eigenvalue weighted by molar-refractivity contribution is 5.97. The van der Waals surface area contributed by atoms with Gasteiger partial charge in [-0.05, 0) is 24.0 Å². The monoisotopic (exact) mass is 276 g/mol. The van der Waals surface area contributed by atoms with Gasteiger partial charge in [-0.1, -0.05) is 26.8 Å². The van der Waals surface area contributed by atoms with E-state index in [2.05, 4.69) is 31.1 Å². The van der Waals surface area contributed by atoms with E-state index >= 15 is 0 Å². The first kappa shape index (κ1) is 15.9. The third kappa shape index (κ3) is 4.84. The molecule has 108 valence electrons. The first-order chi connectivity index (χ1) is 9.41. The second-order valence-corrected chi connectivity index (χ2v) is 5.04. The smallest absolute Gasteiger partial charge is 0.328 e. The lowest BCUT2D eigenvalue weighted by Gasteiger charge is -2.16. The molecule has 0 saturated heterocycles. The zero-order chi connectivity index (χ0) is 15.1. The van der Waals surface area contributed by atoms with Crippen LogP contribution in [0.3, 0.4) is 0 Å². The highest BCUT2D eigenvalue weighted by Crippen LogP contribution is 2.10. The average molecular weight is 276 g/mol. The largest absolute Gasteiger partial charge is 0.478 e. The molecule has 0 fully saturated rings. The average Bonchev–Trinajstić information content (AvgIpc) is 2.42. The van der Waals surface area contributed by atoms with E-state index in [-0.39, 0.29) is 11.6 Å². The number of aromatic nitrogens is 1. The van der Waals surface area contributed by atoms with Gasteiger partial charge in [0, 0.05) is 24.4 Å². The van der Waals surface area contributed by atoms with Gasteiger partial charge >= 0.3 is 5.97 Å². The zero-order valence-corrected chi connectivity index (χ0v) is 12.0. The summed E-state index contributed by atoms with van der Waals surface area (Å²) >= 11 is 0. The van der Waals surface area contributed by atoms with Gasteiger partial charge in [0.15, 0.2) is 0 Å². The molecule has 5 heteroatoms. The lowest BCUT2D eigenvalue weighted by molar-refractivity contribution is -0.131. The van der Waals surface area contributed by atoms with Crippen LogP contribution in [0.5, 0.6) is 0 Å². The summed E-state index contributed by atoms with van der Waals surface area (Å²) in [5.74, 6) is -0.511. The van der Waals surface area contributed by atoms with E-state index in [0.29, 0.717) is 23.9 Å². The van der Waals surface area contributed by atoms with Gasteiger partial charge in [-0.2, -0.15) is 0 Å². The Bertz CT molecular complexity index is 510. The molecule has 0 aromatic carbocycles. The number of nitrogens with one attached hydrogen (secondary N) is 1. The van der Waals surface area contributed by atoms with Crippen molar-refractivity contribution in [1.29, 1.82) is 0 Å². The second-order valence-electron chi connectivity index (χ2n) is 5.04. The highest BCUT2D eigenvalue weighted by atomic mass is 16.4. The van der Waals surface area contributed by atoms with Crippen LogP contribution in [-0.2, 0) is 4.79 Å². The molecule has 0 saturated carbocycles. The first-order valence-corrected chi connectivity index (χ1v) is 6.56. The zero-order valence-electron chi connectivity index (χ0n) is 12.0. The fourth-order valence-corrected chi connectivity index (χ4v) is 1.48. The van der Waals surface area contributed by atoms with Gasteiger partial charge in [0.1, 0.15) is 5.69 Å². The van der Waals surface area contributed by atoms with Crippen molar-refractivity contribution in [1.82, 2.24) is 10.3 Å². The second kappa shape index (κ2) is 7.43. The summed E-state index contributed by atoms with van der Waals surface area (Å²) in [6.45, 7) is 6.82. The number of rotatable bonds is 6. The number of amides is 1. The molecule has 1 unspecified atom stereocenters. The molecule has 1 heterocycles. The Balaban J connectivity index is 2.80. The predicted octanol–water partition coefficient (Wildman–Crippen LogP) is 2.20. The standard InChI is InChI=1S/C15H20N2O3/c1-10(2)11(3)9-17-15(20)14-12(5-4-8-16-14)6-7-13(18)19/h4-8,10-11H,9H2,1-3H3,(H,17,20)(H,18,19)/b7-6+. The number of pyridine rings is 1. The molecule has 0 aliphatic carbocycles. The predicted molar refractivity (Wildman–Crippen MR) is 77.2 cm³/mol. The number of carboxylic acids is 1. The number of aliphatic carboxylic acids is 1. The van der Waals surface area contributed by atoms with E-state index in [0.717, 1.165) is 6.08 Å². The Hall–Kier alpha value is -2.17. The first-order valence-electron chi connectivity index (χ1n) is 6.56. The number of carbonyl (C=O) groups excluding carboxylic acids is 1. The fourth-order valence-electron chi connectivity index (χ4n) is 1.48. The molecule has 2 N–H and O–H groups in total. The minimum Gasteiger partial charge on any atom is -0.478 e. The number of carboxylic acid groups (broad SMARTS) is 1. The molecule has 1 amide bonds.